The molecular weight excluding hydrogens is 1600 g/mol. The average molecular weight is 1720 g/mol. The van der Waals surface area contributed by atoms with E-state index in [1.807, 2.05) is 0 Å². The normalized spacial score (nSPS) is 16.1. The number of carboxylic acid groups (broad SMARTS) is 1. The summed E-state index contributed by atoms with van der Waals surface area (Å²) in [7, 11) is 0. The van der Waals surface area contributed by atoms with Gasteiger partial charge in [-0.1, -0.05) is 68.2 Å². The number of aromatic nitrogens is 2. The molecule has 20 amide bonds. The molecule has 0 radical (unpaired) electrons. The zero-order valence-corrected chi connectivity index (χ0v) is 70.2. The van der Waals surface area contributed by atoms with Crippen LogP contribution in [-0.4, -0.2) is 277 Å². The Morgan fingerprint density at radius 2 is 0.719 bits per heavy atom. The molecule has 0 saturated heterocycles. The van der Waals surface area contributed by atoms with Gasteiger partial charge in [0.2, 0.25) is 118 Å². The summed E-state index contributed by atoms with van der Waals surface area (Å²) in [6.07, 6.45) is -4.43. The summed E-state index contributed by atoms with van der Waals surface area (Å²) in [5.41, 5.74) is 27.1. The van der Waals surface area contributed by atoms with Gasteiger partial charge in [-0.05, 0) is 90.9 Å². The molecule has 0 saturated carbocycles. The van der Waals surface area contributed by atoms with Crippen molar-refractivity contribution in [2.75, 3.05) is 13.2 Å². The van der Waals surface area contributed by atoms with E-state index in [4.69, 9.17) is 28.7 Å². The summed E-state index contributed by atoms with van der Waals surface area (Å²) >= 11 is 0. The highest BCUT2D eigenvalue weighted by atomic mass is 16.4. The highest BCUT2D eigenvalue weighted by Crippen LogP contribution is 2.15. The van der Waals surface area contributed by atoms with E-state index in [1.165, 1.54) is 47.1 Å². The Hall–Kier alpha value is -12.1. The summed E-state index contributed by atoms with van der Waals surface area (Å²) in [5.74, 6) is -24.7. The number of amides is 20. The van der Waals surface area contributed by atoms with Crippen molar-refractivity contribution in [2.45, 2.75) is 276 Å². The summed E-state index contributed by atoms with van der Waals surface area (Å²) in [5, 5.41) is 78.0. The Bertz CT molecular complexity index is 3790. The van der Waals surface area contributed by atoms with Crippen molar-refractivity contribution in [2.24, 2.45) is 52.3 Å². The number of hydrogen-bond donors (Lipinski definition) is 26. The van der Waals surface area contributed by atoms with Crippen molar-refractivity contribution in [3.8, 4) is 0 Å². The smallest absolute Gasteiger partial charge is 0.326 e. The molecule has 48 nitrogen and oxygen atoms in total. The number of aromatic amines is 1. The molecule has 0 aliphatic heterocycles. The van der Waals surface area contributed by atoms with E-state index in [2.05, 4.69) is 95.0 Å². The lowest BCUT2D eigenvalue weighted by Crippen LogP contribution is -2.62. The zero-order chi connectivity index (χ0) is 92.7. The second kappa shape index (κ2) is 52.8. The first kappa shape index (κ1) is 107. The number of aliphatic carboxylic acids is 1. The Kier molecular flexibility index (Phi) is 46.6. The lowest BCUT2D eigenvalue weighted by molar-refractivity contribution is -0.144. The SMILES string of the molecule is CC[C@H](C)[C@H](NC(=O)CNC(=O)[C@H](C)NC(=O)[C@@H](NC(=O)[C@@H](NC(=O)[C@H](CCC(N)=O)NC(=O)[C@H](C)NC(=O)[C@H](C)NC(=O)[C@@H](N)[C@@H](C)O)[C@@H](C)CC)[C@@H](C)O)C(=O)N[C@@H](C)C(=O)N[C@@H](CC(C)C)C(=O)N[C@@H](Cc1cnc[nH]1)C(=O)N[C@@H](CCC(N)=O)C(=O)N[C@@H](CO)C(=O)N[C@@H](CC(N)=O)C(=O)N[C@@H](CC(C)C)C(=O)N[C@@H](CC(N)=O)C(=O)O. The summed E-state index contributed by atoms with van der Waals surface area (Å²) < 4.78 is 0. The maximum absolute atomic E-state index is 14.4. The van der Waals surface area contributed by atoms with Gasteiger partial charge in [0.15, 0.2) is 0 Å². The molecule has 0 bridgehead atoms. The monoisotopic (exact) mass is 1720 g/mol. The van der Waals surface area contributed by atoms with E-state index >= 15 is 0 Å². The summed E-state index contributed by atoms with van der Waals surface area (Å²) in [6, 6.07) is -25.5. The van der Waals surface area contributed by atoms with Gasteiger partial charge in [0, 0.05) is 31.2 Å². The van der Waals surface area contributed by atoms with E-state index in [9.17, 15) is 121 Å². The van der Waals surface area contributed by atoms with Crippen molar-refractivity contribution in [1.29, 1.82) is 0 Å². The fourth-order valence-electron chi connectivity index (χ4n) is 11.2. The second-order valence-electron chi connectivity index (χ2n) is 30.3. The van der Waals surface area contributed by atoms with Crippen LogP contribution in [0.15, 0.2) is 12.5 Å². The molecule has 1 rings (SSSR count). The van der Waals surface area contributed by atoms with E-state index in [0.717, 1.165) is 6.92 Å². The van der Waals surface area contributed by atoms with Gasteiger partial charge in [-0.3, -0.25) is 95.9 Å². The predicted molar refractivity (Wildman–Crippen MR) is 425 cm³/mol. The lowest BCUT2D eigenvalue weighted by Gasteiger charge is -2.29. The largest absolute Gasteiger partial charge is 0.480 e. The van der Waals surface area contributed by atoms with Gasteiger partial charge in [0.1, 0.15) is 96.7 Å². The van der Waals surface area contributed by atoms with E-state index in [1.54, 1.807) is 55.4 Å². The van der Waals surface area contributed by atoms with Crippen molar-refractivity contribution < 1.29 is 121 Å². The third kappa shape index (κ3) is 39.1. The Labute approximate surface area is 697 Å². The first-order valence-electron chi connectivity index (χ1n) is 39.2. The molecule has 0 aromatic carbocycles. The number of nitrogens with zero attached hydrogens (tertiary/aromatic N) is 1. The van der Waals surface area contributed by atoms with Crippen LogP contribution in [0.1, 0.15) is 167 Å². The Morgan fingerprint density at radius 3 is 1.15 bits per heavy atom. The lowest BCUT2D eigenvalue weighted by atomic mass is 9.96. The minimum atomic E-state index is -2.01. The predicted octanol–water partition coefficient (Wildman–Crippen LogP) is -10.9. The van der Waals surface area contributed by atoms with Crippen molar-refractivity contribution in [1.82, 2.24) is 95.0 Å². The number of rotatable bonds is 56. The number of aliphatic hydroxyl groups is 3. The zero-order valence-electron chi connectivity index (χ0n) is 70.2. The van der Waals surface area contributed by atoms with Gasteiger partial charge in [-0.25, -0.2) is 9.78 Å². The maximum Gasteiger partial charge on any atom is 0.326 e. The topological polar surface area (TPSA) is 791 Å². The molecule has 121 heavy (non-hydrogen) atoms. The molecule has 1 aromatic rings. The summed E-state index contributed by atoms with van der Waals surface area (Å²) in [6.45, 7) is 18.3. The van der Waals surface area contributed by atoms with Crippen molar-refractivity contribution in [3.05, 3.63) is 18.2 Å². The van der Waals surface area contributed by atoms with Gasteiger partial charge in [-0.2, -0.15) is 0 Å². The van der Waals surface area contributed by atoms with E-state index in [0.29, 0.717) is 0 Å². The number of hydrogen-bond acceptors (Lipinski definition) is 26. The highest BCUT2D eigenvalue weighted by Gasteiger charge is 2.40. The van der Waals surface area contributed by atoms with Crippen LogP contribution in [0.4, 0.5) is 0 Å². The van der Waals surface area contributed by atoms with Crippen LogP contribution < -0.4 is 114 Å². The second-order valence-corrected chi connectivity index (χ2v) is 30.3. The minimum Gasteiger partial charge on any atom is -0.480 e. The number of nitrogens with one attached hydrogen (secondary N) is 17. The Morgan fingerprint density at radius 1 is 0.380 bits per heavy atom. The molecule has 1 aromatic heterocycles. The van der Waals surface area contributed by atoms with Crippen molar-refractivity contribution in [3.63, 3.8) is 0 Å². The van der Waals surface area contributed by atoms with E-state index in [-0.39, 0.29) is 43.2 Å². The Balaban J connectivity index is 3.36. The van der Waals surface area contributed by atoms with Crippen molar-refractivity contribution >= 4 is 124 Å². The van der Waals surface area contributed by atoms with Crippen LogP contribution in [0, 0.1) is 23.7 Å². The number of H-pyrrole nitrogens is 1. The molecule has 0 unspecified atom stereocenters. The number of aliphatic hydroxyl groups excluding tert-OH is 3. The van der Waals surface area contributed by atoms with Gasteiger partial charge < -0.3 is 139 Å². The van der Waals surface area contributed by atoms with E-state index < -0.39 is 303 Å². The fraction of sp³-hybridized carbons (Fsp3) is 0.671. The van der Waals surface area contributed by atoms with Crippen LogP contribution in [0.25, 0.3) is 0 Å². The van der Waals surface area contributed by atoms with Crippen LogP contribution in [0.3, 0.4) is 0 Å². The van der Waals surface area contributed by atoms with Gasteiger partial charge in [0.05, 0.1) is 44.5 Å². The molecule has 1 heterocycles. The highest BCUT2D eigenvalue weighted by molar-refractivity contribution is 6.02. The average Bonchev–Trinajstić information content (AvgIpc) is 1.38. The van der Waals surface area contributed by atoms with Crippen LogP contribution in [-0.2, 0) is 107 Å². The first-order valence-corrected chi connectivity index (χ1v) is 39.2. The first-order chi connectivity index (χ1) is 56.3. The van der Waals surface area contributed by atoms with Crippen LogP contribution in [0.2, 0.25) is 0 Å². The molecule has 48 heteroatoms. The molecule has 0 aliphatic rings. The molecule has 0 spiro atoms. The molecule has 20 atom stereocenters. The number of carbonyl (C=O) groups is 21. The number of primary amides is 4. The standard InChI is InChI=1S/C73H123N23O25/c1-15-32(7)55(94-53(104)27-80-58(105)34(9)84-72(119)57(39(14)99)96-71(118)56(33(8)16-2)95-63(110)42(18-20-50(75)101)86-60(107)36(11)82-59(106)35(10)83-69(116)54(78)38(13)98)70(117)85-37(12)61(108)88-43(21-30(3)4)64(111)90-45(23-40-26-79-29-81-40)66(113)87-41(17-19-49(74)100)62(109)93-48(28-97)68(115)91-46(24-51(76)102)67(114)89-44(22-31(5)6)65(112)92-47(73(120)121)25-52(77)103/h26,29-39,41-48,54-57,97-99H,15-25,27-28,78H2,1-14H3,(H2,74,100)(H2,75,101)(H2,76,102)(H2,77,103)(H,79,81)(H,80,105)(H,82,106)(H,83,116)(H,84,119)(H,85,117)(H,86,107)(H,87,113)(H,88,108)(H,89,114)(H,90,111)(H,91,115)(H,92,112)(H,93,109)(H,94,104)(H,95,110)(H,96,118)(H,120,121)/t32-,33-,34-,35-,36-,37-,38+,39+,41-,42-,43-,44-,45-,46-,47-,48-,54-,55-,56-,57-/m0/s1. The fourth-order valence-corrected chi connectivity index (χ4v) is 11.2. The third-order valence-electron chi connectivity index (χ3n) is 18.7. The molecule has 0 aliphatic carbocycles. The number of carboxylic acids is 1. The quantitative estimate of drug-likeness (QED) is 0.0288. The van der Waals surface area contributed by atoms with Gasteiger partial charge in [-0.15, -0.1) is 0 Å². The third-order valence-corrected chi connectivity index (χ3v) is 18.7. The summed E-state index contributed by atoms with van der Waals surface area (Å²) in [4.78, 5) is 285. The number of nitrogens with two attached hydrogens (primary N) is 5. The molecule has 680 valence electrons. The van der Waals surface area contributed by atoms with Gasteiger partial charge in [0.25, 0.3) is 0 Å². The maximum atomic E-state index is 14.4. The van der Waals surface area contributed by atoms with Crippen LogP contribution >= 0.6 is 0 Å². The number of imidazole rings is 1. The molecule has 31 N–H and O–H groups in total. The van der Waals surface area contributed by atoms with Gasteiger partial charge >= 0.3 is 5.97 Å². The molecule has 0 fully saturated rings. The number of carbonyl (C=O) groups excluding carboxylic acids is 20. The van der Waals surface area contributed by atoms with Crippen LogP contribution in [0.5, 0.6) is 0 Å². The molecular formula is C73H123N23O25. The minimum absolute atomic E-state index is 0.109.